The van der Waals surface area contributed by atoms with Crippen molar-refractivity contribution in [2.45, 2.75) is 67.3 Å². The molecule has 0 aliphatic carbocycles. The summed E-state index contributed by atoms with van der Waals surface area (Å²) in [5, 5.41) is 5.46. The van der Waals surface area contributed by atoms with Gasteiger partial charge < -0.3 is 21.1 Å². The van der Waals surface area contributed by atoms with Gasteiger partial charge in [0.15, 0.2) is 0 Å². The number of amides is 5. The summed E-state index contributed by atoms with van der Waals surface area (Å²) in [6.45, 7) is 13.2. The first kappa shape index (κ1) is 31.8. The SMILES string of the molecule is C#CC(C)(C)CC(C)C(NC(=O)CC(C)(C)COCC(C)(C)C(=O)NCCN1C(=O)C=CC1=O)C(N)=O. The van der Waals surface area contributed by atoms with Crippen molar-refractivity contribution in [2.75, 3.05) is 26.3 Å². The van der Waals surface area contributed by atoms with E-state index < -0.39 is 40.0 Å². The van der Waals surface area contributed by atoms with Gasteiger partial charge in [0.1, 0.15) is 6.04 Å². The predicted octanol–water partition coefficient (Wildman–Crippen LogP) is 1.14. The molecule has 5 amide bonds. The molecule has 10 nitrogen and oxygen atoms in total. The Kier molecular flexibility index (Phi) is 11.1. The molecule has 1 rings (SSSR count). The third-order valence-corrected chi connectivity index (χ3v) is 6.15. The van der Waals surface area contributed by atoms with Crippen molar-refractivity contribution >= 4 is 29.5 Å². The summed E-state index contributed by atoms with van der Waals surface area (Å²) in [5.74, 6) is 0.395. The molecular formula is C27H42N4O6. The third kappa shape index (κ3) is 10.4. The van der Waals surface area contributed by atoms with Gasteiger partial charge in [-0.25, -0.2) is 0 Å². The highest BCUT2D eigenvalue weighted by Crippen LogP contribution is 2.27. The average molecular weight is 519 g/mol. The fraction of sp³-hybridized carbons (Fsp3) is 0.667. The summed E-state index contributed by atoms with van der Waals surface area (Å²) in [6.07, 6.45) is 8.54. The maximum Gasteiger partial charge on any atom is 0.253 e. The molecule has 1 heterocycles. The second kappa shape index (κ2) is 12.9. The van der Waals surface area contributed by atoms with Crippen molar-refractivity contribution in [3.63, 3.8) is 0 Å². The number of imide groups is 1. The van der Waals surface area contributed by atoms with Crippen molar-refractivity contribution in [3.8, 4) is 12.3 Å². The molecule has 1 aliphatic rings. The fourth-order valence-corrected chi connectivity index (χ4v) is 4.01. The van der Waals surface area contributed by atoms with E-state index >= 15 is 0 Å². The van der Waals surface area contributed by atoms with Crippen LogP contribution in [-0.4, -0.2) is 66.8 Å². The van der Waals surface area contributed by atoms with Crippen molar-refractivity contribution < 1.29 is 28.7 Å². The molecule has 0 saturated carbocycles. The first-order valence-electron chi connectivity index (χ1n) is 12.4. The minimum absolute atomic E-state index is 0.0839. The van der Waals surface area contributed by atoms with Crippen LogP contribution in [0.2, 0.25) is 0 Å². The van der Waals surface area contributed by atoms with Gasteiger partial charge in [-0.2, -0.15) is 0 Å². The Morgan fingerprint density at radius 2 is 1.65 bits per heavy atom. The zero-order valence-electron chi connectivity index (χ0n) is 23.1. The number of hydrogen-bond donors (Lipinski definition) is 3. The van der Waals surface area contributed by atoms with Gasteiger partial charge in [-0.3, -0.25) is 28.9 Å². The van der Waals surface area contributed by atoms with E-state index in [2.05, 4.69) is 16.6 Å². The summed E-state index contributed by atoms with van der Waals surface area (Å²) in [4.78, 5) is 61.5. The standard InChI is InChI=1S/C27H42N4O6/c1-9-25(3,4)14-18(2)22(23(28)35)30-19(32)15-26(5,6)16-37-17-27(7,8)24(36)29-12-13-31-20(33)10-11-21(31)34/h1,10-11,18,22H,12-17H2,2-8H3,(H2,28,35)(H,29,36)(H,30,32). The fourth-order valence-electron chi connectivity index (χ4n) is 4.01. The molecule has 10 heteroatoms. The lowest BCUT2D eigenvalue weighted by Gasteiger charge is -2.30. The number of ether oxygens (including phenoxy) is 1. The number of rotatable bonds is 15. The number of nitrogens with one attached hydrogen (secondary N) is 2. The first-order chi connectivity index (χ1) is 16.9. The van der Waals surface area contributed by atoms with Crippen molar-refractivity contribution in [1.82, 2.24) is 15.5 Å². The minimum Gasteiger partial charge on any atom is -0.380 e. The molecule has 206 valence electrons. The number of nitrogens with two attached hydrogens (primary N) is 1. The van der Waals surface area contributed by atoms with E-state index in [-0.39, 0.29) is 50.5 Å². The number of carbonyl (C=O) groups is 5. The molecule has 37 heavy (non-hydrogen) atoms. The van der Waals surface area contributed by atoms with Gasteiger partial charge in [0.25, 0.3) is 11.8 Å². The first-order valence-corrected chi connectivity index (χ1v) is 12.4. The molecule has 0 aromatic rings. The number of terminal acetylenes is 1. The minimum atomic E-state index is -0.883. The van der Waals surface area contributed by atoms with E-state index in [0.29, 0.717) is 6.42 Å². The van der Waals surface area contributed by atoms with Crippen LogP contribution in [-0.2, 0) is 28.7 Å². The molecule has 2 atom stereocenters. The van der Waals surface area contributed by atoms with Crippen LogP contribution in [0.1, 0.15) is 61.3 Å². The third-order valence-electron chi connectivity index (χ3n) is 6.15. The quantitative estimate of drug-likeness (QED) is 0.219. The van der Waals surface area contributed by atoms with Gasteiger partial charge in [0, 0.05) is 37.1 Å². The summed E-state index contributed by atoms with van der Waals surface area (Å²) in [7, 11) is 0. The highest BCUT2D eigenvalue weighted by molar-refractivity contribution is 6.12. The van der Waals surface area contributed by atoms with Crippen molar-refractivity contribution in [1.29, 1.82) is 0 Å². The maximum absolute atomic E-state index is 12.7. The molecule has 0 bridgehead atoms. The summed E-state index contributed by atoms with van der Waals surface area (Å²) in [5.41, 5.74) is 3.64. The number of carbonyl (C=O) groups excluding carboxylic acids is 5. The van der Waals surface area contributed by atoms with E-state index in [4.69, 9.17) is 16.9 Å². The van der Waals surface area contributed by atoms with Crippen LogP contribution in [0, 0.1) is 34.5 Å². The Bertz CT molecular complexity index is 942. The van der Waals surface area contributed by atoms with Crippen LogP contribution in [0.25, 0.3) is 0 Å². The maximum atomic E-state index is 12.7. The number of primary amides is 1. The van der Waals surface area contributed by atoms with Crippen LogP contribution < -0.4 is 16.4 Å². The van der Waals surface area contributed by atoms with E-state index in [9.17, 15) is 24.0 Å². The van der Waals surface area contributed by atoms with Gasteiger partial charge in [0.2, 0.25) is 17.7 Å². The summed E-state index contributed by atoms with van der Waals surface area (Å²) < 4.78 is 5.80. The highest BCUT2D eigenvalue weighted by Gasteiger charge is 2.33. The molecule has 2 unspecified atom stereocenters. The summed E-state index contributed by atoms with van der Waals surface area (Å²) >= 11 is 0. The van der Waals surface area contributed by atoms with E-state index in [0.717, 1.165) is 4.90 Å². The molecule has 0 saturated heterocycles. The van der Waals surface area contributed by atoms with Gasteiger partial charge in [0.05, 0.1) is 18.6 Å². The molecule has 0 spiro atoms. The average Bonchev–Trinajstić information content (AvgIpc) is 3.08. The Morgan fingerprint density at radius 1 is 1.08 bits per heavy atom. The van der Waals surface area contributed by atoms with Crippen LogP contribution in [0.5, 0.6) is 0 Å². The molecule has 0 aromatic heterocycles. The Balaban J connectivity index is 2.53. The highest BCUT2D eigenvalue weighted by atomic mass is 16.5. The smallest absolute Gasteiger partial charge is 0.253 e. The normalized spacial score (nSPS) is 15.8. The zero-order chi connectivity index (χ0) is 28.6. The lowest BCUT2D eigenvalue weighted by Crippen LogP contribution is -2.50. The Hall–Kier alpha value is -3.19. The predicted molar refractivity (Wildman–Crippen MR) is 139 cm³/mol. The topological polar surface area (TPSA) is 148 Å². The van der Waals surface area contributed by atoms with Gasteiger partial charge in [-0.05, 0) is 45.4 Å². The molecule has 0 aromatic carbocycles. The number of hydrogen-bond acceptors (Lipinski definition) is 6. The second-order valence-electron chi connectivity index (χ2n) is 11.8. The molecular weight excluding hydrogens is 476 g/mol. The molecule has 0 fully saturated rings. The second-order valence-corrected chi connectivity index (χ2v) is 11.8. The number of nitrogens with zero attached hydrogens (tertiary/aromatic N) is 1. The van der Waals surface area contributed by atoms with Crippen molar-refractivity contribution in [2.24, 2.45) is 27.9 Å². The Morgan fingerprint density at radius 3 is 2.16 bits per heavy atom. The van der Waals surface area contributed by atoms with E-state index in [1.165, 1.54) is 12.2 Å². The molecule has 1 aliphatic heterocycles. The van der Waals surface area contributed by atoms with Gasteiger partial charge in [-0.15, -0.1) is 12.3 Å². The zero-order valence-corrected chi connectivity index (χ0v) is 23.1. The van der Waals surface area contributed by atoms with Gasteiger partial charge >= 0.3 is 0 Å². The van der Waals surface area contributed by atoms with E-state index in [1.807, 2.05) is 34.6 Å². The van der Waals surface area contributed by atoms with Gasteiger partial charge in [-0.1, -0.05) is 20.8 Å². The largest absolute Gasteiger partial charge is 0.380 e. The Labute approximate surface area is 220 Å². The van der Waals surface area contributed by atoms with Crippen LogP contribution in [0.3, 0.4) is 0 Å². The monoisotopic (exact) mass is 518 g/mol. The van der Waals surface area contributed by atoms with Crippen LogP contribution in [0.15, 0.2) is 12.2 Å². The van der Waals surface area contributed by atoms with Crippen LogP contribution in [0.4, 0.5) is 0 Å². The van der Waals surface area contributed by atoms with Crippen molar-refractivity contribution in [3.05, 3.63) is 12.2 Å². The molecule has 4 N–H and O–H groups in total. The lowest BCUT2D eigenvalue weighted by molar-refractivity contribution is -0.138. The molecule has 0 radical (unpaired) electrons. The lowest BCUT2D eigenvalue weighted by atomic mass is 9.81. The van der Waals surface area contributed by atoms with E-state index in [1.54, 1.807) is 13.8 Å². The summed E-state index contributed by atoms with van der Waals surface area (Å²) in [6, 6.07) is -0.846. The van der Waals surface area contributed by atoms with Crippen LogP contribution >= 0.6 is 0 Å².